The van der Waals surface area contributed by atoms with Crippen molar-refractivity contribution in [2.75, 3.05) is 23.7 Å². The first kappa shape index (κ1) is 18.3. The van der Waals surface area contributed by atoms with Crippen molar-refractivity contribution < 1.29 is 13.2 Å². The van der Waals surface area contributed by atoms with Crippen LogP contribution in [0.1, 0.15) is 25.0 Å². The molecule has 22 heavy (non-hydrogen) atoms. The highest BCUT2D eigenvalue weighted by Crippen LogP contribution is 2.23. The number of aryl methyl sites for hydroxylation is 2. The molecule has 7 heteroatoms. The molecule has 1 aromatic carbocycles. The number of nitrogens with zero attached hydrogens (tertiary/aromatic N) is 1. The van der Waals surface area contributed by atoms with Crippen molar-refractivity contribution in [1.29, 1.82) is 0 Å². The topological polar surface area (TPSA) is 78.5 Å². The van der Waals surface area contributed by atoms with Gasteiger partial charge in [0.2, 0.25) is 10.0 Å². The van der Waals surface area contributed by atoms with E-state index in [4.69, 9.17) is 0 Å². The lowest BCUT2D eigenvalue weighted by Gasteiger charge is -2.24. The second kappa shape index (κ2) is 7.49. The van der Waals surface area contributed by atoms with Gasteiger partial charge in [0.15, 0.2) is 0 Å². The molecule has 2 amide bonds. The van der Waals surface area contributed by atoms with E-state index in [1.807, 2.05) is 39.8 Å². The van der Waals surface area contributed by atoms with E-state index in [0.29, 0.717) is 5.69 Å². The molecule has 0 fully saturated rings. The van der Waals surface area contributed by atoms with Gasteiger partial charge < -0.3 is 10.6 Å². The highest BCUT2D eigenvalue weighted by molar-refractivity contribution is 7.92. The SMILES string of the molecule is Cc1ccc(N(CCNC(=O)NC(C)C)S(C)(=O)=O)c(C)c1. The van der Waals surface area contributed by atoms with E-state index in [2.05, 4.69) is 10.6 Å². The van der Waals surface area contributed by atoms with Crippen LogP contribution in [0.15, 0.2) is 18.2 Å². The van der Waals surface area contributed by atoms with Gasteiger partial charge in [-0.25, -0.2) is 13.2 Å². The lowest BCUT2D eigenvalue weighted by atomic mass is 10.1. The maximum Gasteiger partial charge on any atom is 0.315 e. The normalized spacial score (nSPS) is 11.4. The molecule has 0 aliphatic carbocycles. The molecule has 2 N–H and O–H groups in total. The largest absolute Gasteiger partial charge is 0.336 e. The summed E-state index contributed by atoms with van der Waals surface area (Å²) in [5.74, 6) is 0. The molecule has 0 radical (unpaired) electrons. The van der Waals surface area contributed by atoms with Crippen molar-refractivity contribution in [1.82, 2.24) is 10.6 Å². The van der Waals surface area contributed by atoms with Crippen LogP contribution in [0.3, 0.4) is 0 Å². The summed E-state index contributed by atoms with van der Waals surface area (Å²) in [7, 11) is -3.41. The quantitative estimate of drug-likeness (QED) is 0.836. The Kier molecular flexibility index (Phi) is 6.22. The van der Waals surface area contributed by atoms with Crippen LogP contribution < -0.4 is 14.9 Å². The predicted octanol–water partition coefficient (Wildman–Crippen LogP) is 1.78. The Morgan fingerprint density at radius 3 is 2.41 bits per heavy atom. The van der Waals surface area contributed by atoms with Crippen molar-refractivity contribution in [2.24, 2.45) is 0 Å². The summed E-state index contributed by atoms with van der Waals surface area (Å²) in [4.78, 5) is 11.5. The Balaban J connectivity index is 2.81. The van der Waals surface area contributed by atoms with E-state index >= 15 is 0 Å². The molecule has 0 aliphatic heterocycles. The van der Waals surface area contributed by atoms with Gasteiger partial charge in [-0.2, -0.15) is 0 Å². The number of hydrogen-bond donors (Lipinski definition) is 2. The van der Waals surface area contributed by atoms with Crippen molar-refractivity contribution in [3.05, 3.63) is 29.3 Å². The van der Waals surface area contributed by atoms with Crippen LogP contribution in [-0.4, -0.2) is 39.8 Å². The Labute approximate surface area is 132 Å². The van der Waals surface area contributed by atoms with Crippen LogP contribution in [0.25, 0.3) is 0 Å². The molecule has 0 heterocycles. The first-order valence-corrected chi connectivity index (χ1v) is 9.05. The minimum Gasteiger partial charge on any atom is -0.336 e. The average molecular weight is 327 g/mol. The van der Waals surface area contributed by atoms with Crippen LogP contribution in [0.5, 0.6) is 0 Å². The van der Waals surface area contributed by atoms with Crippen LogP contribution in [0.2, 0.25) is 0 Å². The van der Waals surface area contributed by atoms with E-state index in [1.165, 1.54) is 10.6 Å². The van der Waals surface area contributed by atoms with Crippen LogP contribution >= 0.6 is 0 Å². The Hall–Kier alpha value is -1.76. The highest BCUT2D eigenvalue weighted by atomic mass is 32.2. The zero-order valence-corrected chi connectivity index (χ0v) is 14.6. The molecular weight excluding hydrogens is 302 g/mol. The molecule has 124 valence electrons. The first-order chi connectivity index (χ1) is 10.1. The van der Waals surface area contributed by atoms with Crippen molar-refractivity contribution >= 4 is 21.7 Å². The number of anilines is 1. The van der Waals surface area contributed by atoms with E-state index in [1.54, 1.807) is 6.07 Å². The summed E-state index contributed by atoms with van der Waals surface area (Å²) in [6, 6.07) is 5.33. The molecule has 0 saturated carbocycles. The van der Waals surface area contributed by atoms with E-state index in [9.17, 15) is 13.2 Å². The van der Waals surface area contributed by atoms with E-state index in [0.717, 1.165) is 11.1 Å². The van der Waals surface area contributed by atoms with Gasteiger partial charge in [-0.15, -0.1) is 0 Å². The smallest absolute Gasteiger partial charge is 0.315 e. The van der Waals surface area contributed by atoms with Gasteiger partial charge in [0.05, 0.1) is 18.5 Å². The molecule has 1 rings (SSSR count). The second-order valence-corrected chi connectivity index (χ2v) is 7.59. The zero-order chi connectivity index (χ0) is 16.9. The lowest BCUT2D eigenvalue weighted by Crippen LogP contribution is -2.44. The lowest BCUT2D eigenvalue weighted by molar-refractivity contribution is 0.239. The summed E-state index contributed by atoms with van der Waals surface area (Å²) >= 11 is 0. The monoisotopic (exact) mass is 327 g/mol. The maximum absolute atomic E-state index is 12.0. The van der Waals surface area contributed by atoms with Crippen LogP contribution in [0.4, 0.5) is 10.5 Å². The molecule has 0 spiro atoms. The van der Waals surface area contributed by atoms with Gasteiger partial charge in [-0.1, -0.05) is 17.7 Å². The second-order valence-electron chi connectivity index (χ2n) is 5.68. The Morgan fingerprint density at radius 2 is 1.91 bits per heavy atom. The van der Waals surface area contributed by atoms with Crippen LogP contribution in [0, 0.1) is 13.8 Å². The average Bonchev–Trinajstić information content (AvgIpc) is 2.33. The number of urea groups is 1. The highest BCUT2D eigenvalue weighted by Gasteiger charge is 2.19. The number of amides is 2. The molecule has 0 saturated heterocycles. The van der Waals surface area contributed by atoms with Crippen LogP contribution in [-0.2, 0) is 10.0 Å². The number of hydrogen-bond acceptors (Lipinski definition) is 3. The molecule has 1 aromatic rings. The number of carbonyl (C=O) groups is 1. The number of sulfonamides is 1. The number of rotatable bonds is 6. The molecule has 0 aliphatic rings. The predicted molar refractivity (Wildman–Crippen MR) is 89.8 cm³/mol. The third-order valence-electron chi connectivity index (χ3n) is 3.04. The molecule has 6 nitrogen and oxygen atoms in total. The molecular formula is C15H25N3O3S. The fraction of sp³-hybridized carbons (Fsp3) is 0.533. The van der Waals surface area contributed by atoms with E-state index < -0.39 is 10.0 Å². The van der Waals surface area contributed by atoms with Gasteiger partial charge in [-0.05, 0) is 39.3 Å². The summed E-state index contributed by atoms with van der Waals surface area (Å²) < 4.78 is 25.4. The van der Waals surface area contributed by atoms with Crippen molar-refractivity contribution in [3.63, 3.8) is 0 Å². The van der Waals surface area contributed by atoms with E-state index in [-0.39, 0.29) is 25.2 Å². The number of carbonyl (C=O) groups excluding carboxylic acids is 1. The Bertz CT molecular complexity index is 627. The third-order valence-corrected chi connectivity index (χ3v) is 4.22. The summed E-state index contributed by atoms with van der Waals surface area (Å²) in [5.41, 5.74) is 2.60. The van der Waals surface area contributed by atoms with Gasteiger partial charge in [0.1, 0.15) is 0 Å². The number of nitrogens with one attached hydrogen (secondary N) is 2. The van der Waals surface area contributed by atoms with Crippen molar-refractivity contribution in [2.45, 2.75) is 33.7 Å². The summed E-state index contributed by atoms with van der Waals surface area (Å²) in [6.07, 6.45) is 1.17. The molecule has 0 bridgehead atoms. The molecule has 0 atom stereocenters. The fourth-order valence-electron chi connectivity index (χ4n) is 2.13. The summed E-state index contributed by atoms with van der Waals surface area (Å²) in [6.45, 7) is 7.97. The third kappa shape index (κ3) is 5.55. The summed E-state index contributed by atoms with van der Waals surface area (Å²) in [5, 5.41) is 5.36. The molecule has 0 unspecified atom stereocenters. The van der Waals surface area contributed by atoms with Gasteiger partial charge in [0, 0.05) is 12.6 Å². The van der Waals surface area contributed by atoms with Gasteiger partial charge in [0.25, 0.3) is 0 Å². The Morgan fingerprint density at radius 1 is 1.27 bits per heavy atom. The minimum absolute atomic E-state index is 0.0327. The maximum atomic E-state index is 12.0. The molecule has 0 aromatic heterocycles. The zero-order valence-electron chi connectivity index (χ0n) is 13.8. The number of benzene rings is 1. The fourth-order valence-corrected chi connectivity index (χ4v) is 3.12. The standard InChI is InChI=1S/C15H25N3O3S/c1-11(2)17-15(19)16-8-9-18(22(5,20)21)14-7-6-12(3)10-13(14)4/h6-7,10-11H,8-9H2,1-5H3,(H2,16,17,19). The van der Waals surface area contributed by atoms with Gasteiger partial charge in [-0.3, -0.25) is 4.31 Å². The van der Waals surface area contributed by atoms with Gasteiger partial charge >= 0.3 is 6.03 Å². The van der Waals surface area contributed by atoms with Crippen molar-refractivity contribution in [3.8, 4) is 0 Å². The first-order valence-electron chi connectivity index (χ1n) is 7.20. The minimum atomic E-state index is -3.41.